The second-order valence-corrected chi connectivity index (χ2v) is 9.74. The van der Waals surface area contributed by atoms with Gasteiger partial charge in [-0.2, -0.15) is 0 Å². The lowest BCUT2D eigenvalue weighted by Crippen LogP contribution is -2.25. The van der Waals surface area contributed by atoms with Crippen LogP contribution in [-0.2, 0) is 11.3 Å². The summed E-state index contributed by atoms with van der Waals surface area (Å²) in [5.41, 5.74) is 5.35. The van der Waals surface area contributed by atoms with E-state index in [1.807, 2.05) is 42.2 Å². The van der Waals surface area contributed by atoms with Gasteiger partial charge in [0.05, 0.1) is 29.9 Å². The summed E-state index contributed by atoms with van der Waals surface area (Å²) in [6, 6.07) is 22.3. The summed E-state index contributed by atoms with van der Waals surface area (Å²) in [5, 5.41) is 0. The molecule has 1 atom stereocenters. The topological polar surface area (TPSA) is 56.6 Å². The number of rotatable bonds is 10. The Hall–Kier alpha value is -3.80. The van der Waals surface area contributed by atoms with Crippen molar-refractivity contribution in [3.8, 4) is 11.5 Å². The van der Waals surface area contributed by atoms with Gasteiger partial charge in [0, 0.05) is 25.4 Å². The minimum Gasteiger partial charge on any atom is -0.493 e. The zero-order chi connectivity index (χ0) is 25.8. The number of aryl methyl sites for hydroxylation is 3. The first kappa shape index (κ1) is 24.9. The molecule has 0 radical (unpaired) electrons. The van der Waals surface area contributed by atoms with Crippen molar-refractivity contribution in [1.82, 2.24) is 9.55 Å². The van der Waals surface area contributed by atoms with Crippen molar-refractivity contribution in [3.63, 3.8) is 0 Å². The Morgan fingerprint density at radius 1 is 0.946 bits per heavy atom. The van der Waals surface area contributed by atoms with Crippen LogP contribution < -0.4 is 14.4 Å². The van der Waals surface area contributed by atoms with Gasteiger partial charge in [0.1, 0.15) is 17.3 Å². The van der Waals surface area contributed by atoms with Crippen molar-refractivity contribution in [2.75, 3.05) is 24.7 Å². The lowest BCUT2D eigenvalue weighted by atomic mass is 10.1. The molecule has 6 nitrogen and oxygen atoms in total. The summed E-state index contributed by atoms with van der Waals surface area (Å²) in [5.74, 6) is 2.83. The molecule has 37 heavy (non-hydrogen) atoms. The molecule has 1 saturated heterocycles. The number of fused-ring (bicyclic) bond motifs is 1. The lowest BCUT2D eigenvalue weighted by Gasteiger charge is -2.20. The number of hydrogen-bond donors (Lipinski definition) is 0. The molecule has 192 valence electrons. The van der Waals surface area contributed by atoms with Gasteiger partial charge in [0.25, 0.3) is 0 Å². The van der Waals surface area contributed by atoms with Crippen LogP contribution in [0.2, 0.25) is 0 Å². The third-order valence-electron chi connectivity index (χ3n) is 6.99. The van der Waals surface area contributed by atoms with E-state index in [4.69, 9.17) is 14.5 Å². The average molecular weight is 498 g/mol. The molecule has 6 heteroatoms. The zero-order valence-electron chi connectivity index (χ0n) is 21.9. The van der Waals surface area contributed by atoms with Crippen LogP contribution in [0.25, 0.3) is 11.0 Å². The number of unbranched alkanes of at least 4 members (excludes halogenated alkanes) is 1. The van der Waals surface area contributed by atoms with Crippen molar-refractivity contribution in [1.29, 1.82) is 0 Å². The molecule has 3 aromatic carbocycles. The predicted octanol–water partition coefficient (Wildman–Crippen LogP) is 6.43. The number of imidazole rings is 1. The minimum atomic E-state index is 0.0287. The Morgan fingerprint density at radius 2 is 1.76 bits per heavy atom. The average Bonchev–Trinajstić information content (AvgIpc) is 3.46. The van der Waals surface area contributed by atoms with Gasteiger partial charge in [-0.05, 0) is 69.5 Å². The minimum absolute atomic E-state index is 0.0287. The fourth-order valence-electron chi connectivity index (χ4n) is 5.23. The molecule has 1 amide bonds. The third-order valence-corrected chi connectivity index (χ3v) is 6.99. The summed E-state index contributed by atoms with van der Waals surface area (Å²) in [4.78, 5) is 20.0. The molecule has 0 unspecified atom stereocenters. The maximum Gasteiger partial charge on any atom is 0.227 e. The van der Waals surface area contributed by atoms with Gasteiger partial charge in [0.15, 0.2) is 0 Å². The number of carbonyl (C=O) groups is 1. The van der Waals surface area contributed by atoms with Crippen LogP contribution in [0.3, 0.4) is 0 Å². The fourth-order valence-corrected chi connectivity index (χ4v) is 5.23. The smallest absolute Gasteiger partial charge is 0.227 e. The Balaban J connectivity index is 1.30. The number of nitrogens with zero attached hydrogens (tertiary/aromatic N) is 3. The summed E-state index contributed by atoms with van der Waals surface area (Å²) >= 11 is 0. The highest BCUT2D eigenvalue weighted by molar-refractivity contribution is 5.97. The molecule has 0 spiro atoms. The van der Waals surface area contributed by atoms with E-state index in [0.717, 1.165) is 53.4 Å². The molecule has 1 aliphatic heterocycles. The van der Waals surface area contributed by atoms with E-state index in [0.29, 0.717) is 26.2 Å². The van der Waals surface area contributed by atoms with Crippen LogP contribution >= 0.6 is 0 Å². The third kappa shape index (κ3) is 5.33. The van der Waals surface area contributed by atoms with Crippen LogP contribution in [-0.4, -0.2) is 35.2 Å². The van der Waals surface area contributed by atoms with E-state index in [-0.39, 0.29) is 11.8 Å². The number of anilines is 1. The Bertz CT molecular complexity index is 1390. The summed E-state index contributed by atoms with van der Waals surface area (Å²) in [6.07, 6.45) is 2.35. The van der Waals surface area contributed by atoms with Gasteiger partial charge < -0.3 is 18.9 Å². The standard InChI is InChI=1S/C31H35N3O3/c1-4-36-29-14-8-7-13-27(29)34-21-24(20-30(34)35)31-32-25-11-5-6-12-26(25)33(31)17-9-10-18-37-28-16-15-22(2)19-23(28)3/h5-8,11-16,19,24H,4,9-10,17-18,20-21H2,1-3H3/t24-/m0/s1. The second-order valence-electron chi connectivity index (χ2n) is 9.74. The first-order chi connectivity index (χ1) is 18.0. The maximum absolute atomic E-state index is 13.1. The second kappa shape index (κ2) is 11.1. The van der Waals surface area contributed by atoms with Gasteiger partial charge in [-0.1, -0.05) is 42.0 Å². The molecule has 5 rings (SSSR count). The monoisotopic (exact) mass is 497 g/mol. The first-order valence-corrected chi connectivity index (χ1v) is 13.2. The Labute approximate surface area is 218 Å². The van der Waals surface area contributed by atoms with E-state index in [9.17, 15) is 4.79 Å². The predicted molar refractivity (Wildman–Crippen MR) is 148 cm³/mol. The highest BCUT2D eigenvalue weighted by Crippen LogP contribution is 2.37. The van der Waals surface area contributed by atoms with E-state index in [2.05, 4.69) is 54.8 Å². The Kier molecular flexibility index (Phi) is 7.45. The zero-order valence-corrected chi connectivity index (χ0v) is 21.9. The van der Waals surface area contributed by atoms with Gasteiger partial charge in [-0.3, -0.25) is 4.79 Å². The molecule has 0 N–H and O–H groups in total. The van der Waals surface area contributed by atoms with Crippen molar-refractivity contribution < 1.29 is 14.3 Å². The van der Waals surface area contributed by atoms with Crippen molar-refractivity contribution >= 4 is 22.6 Å². The van der Waals surface area contributed by atoms with E-state index >= 15 is 0 Å². The fraction of sp³-hybridized carbons (Fsp3) is 0.355. The first-order valence-electron chi connectivity index (χ1n) is 13.2. The largest absolute Gasteiger partial charge is 0.493 e. The van der Waals surface area contributed by atoms with Gasteiger partial charge in [0.2, 0.25) is 5.91 Å². The summed E-state index contributed by atoms with van der Waals surface area (Å²) in [7, 11) is 0. The highest BCUT2D eigenvalue weighted by atomic mass is 16.5. The normalized spacial score (nSPS) is 15.5. The van der Waals surface area contributed by atoms with Crippen LogP contribution in [0.4, 0.5) is 5.69 Å². The van der Waals surface area contributed by atoms with E-state index < -0.39 is 0 Å². The van der Waals surface area contributed by atoms with Crippen molar-refractivity contribution in [3.05, 3.63) is 83.7 Å². The van der Waals surface area contributed by atoms with Crippen LogP contribution in [0.1, 0.15) is 49.1 Å². The van der Waals surface area contributed by atoms with Crippen LogP contribution in [0.5, 0.6) is 11.5 Å². The molecule has 1 aliphatic rings. The van der Waals surface area contributed by atoms with Crippen molar-refractivity contribution in [2.24, 2.45) is 0 Å². The SMILES string of the molecule is CCOc1ccccc1N1C[C@@H](c2nc3ccccc3n2CCCCOc2ccc(C)cc2C)CC1=O. The number of para-hydroxylation sites is 4. The van der Waals surface area contributed by atoms with Gasteiger partial charge in [-0.15, -0.1) is 0 Å². The van der Waals surface area contributed by atoms with Crippen LogP contribution in [0.15, 0.2) is 66.7 Å². The van der Waals surface area contributed by atoms with E-state index in [1.165, 1.54) is 11.1 Å². The number of hydrogen-bond acceptors (Lipinski definition) is 4. The molecule has 0 bridgehead atoms. The van der Waals surface area contributed by atoms with E-state index in [1.54, 1.807) is 0 Å². The van der Waals surface area contributed by atoms with Gasteiger partial charge in [-0.25, -0.2) is 4.98 Å². The molecule has 0 aliphatic carbocycles. The van der Waals surface area contributed by atoms with Gasteiger partial charge >= 0.3 is 0 Å². The molecule has 1 fully saturated rings. The number of benzene rings is 3. The number of aromatic nitrogens is 2. The maximum atomic E-state index is 13.1. The number of carbonyl (C=O) groups excluding carboxylic acids is 1. The molecule has 1 aromatic heterocycles. The Morgan fingerprint density at radius 3 is 2.59 bits per heavy atom. The lowest BCUT2D eigenvalue weighted by molar-refractivity contribution is -0.117. The summed E-state index contributed by atoms with van der Waals surface area (Å²) in [6.45, 7) is 8.82. The number of ether oxygens (including phenoxy) is 2. The molecule has 2 heterocycles. The quantitative estimate of drug-likeness (QED) is 0.237. The highest BCUT2D eigenvalue weighted by Gasteiger charge is 2.35. The molecule has 4 aromatic rings. The summed E-state index contributed by atoms with van der Waals surface area (Å²) < 4.78 is 14.2. The molecular weight excluding hydrogens is 462 g/mol. The van der Waals surface area contributed by atoms with Crippen LogP contribution in [0, 0.1) is 13.8 Å². The van der Waals surface area contributed by atoms with Crippen molar-refractivity contribution in [2.45, 2.75) is 52.5 Å². The number of amides is 1. The molecule has 0 saturated carbocycles. The molecular formula is C31H35N3O3.